The lowest BCUT2D eigenvalue weighted by Gasteiger charge is -2.09. The molecule has 1 aromatic heterocycles. The van der Waals surface area contributed by atoms with Gasteiger partial charge in [-0.15, -0.1) is 0 Å². The van der Waals surface area contributed by atoms with Crippen LogP contribution in [0.5, 0.6) is 0 Å². The largest absolute Gasteiger partial charge is 0.250 e. The summed E-state index contributed by atoms with van der Waals surface area (Å²) in [6, 6.07) is 6.81. The monoisotopic (exact) mass is 231 g/mol. The summed E-state index contributed by atoms with van der Waals surface area (Å²) in [4.78, 5) is 4.47. The van der Waals surface area contributed by atoms with Gasteiger partial charge in [0, 0.05) is 19.4 Å². The Bertz CT molecular complexity index is 510. The molecule has 0 amide bonds. The maximum Gasteiger partial charge on any atom is 0.155 e. The van der Waals surface area contributed by atoms with Gasteiger partial charge in [0.15, 0.2) is 5.82 Å². The SMILES string of the molecule is Fc1ccccc1Cc1nc2n(n1)CCCC2. The molecular weight excluding hydrogens is 217 g/mol. The molecule has 3 rings (SSSR count). The second-order valence-corrected chi connectivity index (χ2v) is 4.39. The van der Waals surface area contributed by atoms with Gasteiger partial charge in [0.05, 0.1) is 0 Å². The summed E-state index contributed by atoms with van der Waals surface area (Å²) in [5, 5.41) is 4.43. The highest BCUT2D eigenvalue weighted by Crippen LogP contribution is 2.15. The van der Waals surface area contributed by atoms with Gasteiger partial charge in [-0.25, -0.2) is 14.1 Å². The Balaban J connectivity index is 1.86. The van der Waals surface area contributed by atoms with Gasteiger partial charge >= 0.3 is 0 Å². The maximum atomic E-state index is 13.5. The van der Waals surface area contributed by atoms with Crippen LogP contribution in [-0.2, 0) is 19.4 Å². The Morgan fingerprint density at radius 2 is 2.12 bits per heavy atom. The third-order valence-corrected chi connectivity index (χ3v) is 3.12. The molecule has 2 aromatic rings. The number of aryl methyl sites for hydroxylation is 2. The van der Waals surface area contributed by atoms with Crippen molar-refractivity contribution in [2.24, 2.45) is 0 Å². The van der Waals surface area contributed by atoms with E-state index in [0.717, 1.165) is 31.0 Å². The summed E-state index contributed by atoms with van der Waals surface area (Å²) in [7, 11) is 0. The van der Waals surface area contributed by atoms with Gasteiger partial charge in [0.1, 0.15) is 11.6 Å². The van der Waals surface area contributed by atoms with Crippen molar-refractivity contribution in [1.82, 2.24) is 14.8 Å². The van der Waals surface area contributed by atoms with Crippen LogP contribution in [0.25, 0.3) is 0 Å². The Labute approximate surface area is 99.3 Å². The van der Waals surface area contributed by atoms with E-state index in [1.54, 1.807) is 12.1 Å². The normalized spacial score (nSPS) is 14.6. The fraction of sp³-hybridized carbons (Fsp3) is 0.385. The highest BCUT2D eigenvalue weighted by Gasteiger charge is 2.14. The molecule has 0 radical (unpaired) electrons. The Hall–Kier alpha value is -1.71. The van der Waals surface area contributed by atoms with Crippen LogP contribution >= 0.6 is 0 Å². The summed E-state index contributed by atoms with van der Waals surface area (Å²) in [6.45, 7) is 0.944. The molecule has 3 nitrogen and oxygen atoms in total. The van der Waals surface area contributed by atoms with Crippen LogP contribution in [-0.4, -0.2) is 14.8 Å². The number of aromatic nitrogens is 3. The minimum Gasteiger partial charge on any atom is -0.250 e. The fourth-order valence-electron chi connectivity index (χ4n) is 2.22. The molecule has 0 spiro atoms. The molecule has 1 aliphatic heterocycles. The number of fused-ring (bicyclic) bond motifs is 1. The molecule has 17 heavy (non-hydrogen) atoms. The van der Waals surface area contributed by atoms with Crippen LogP contribution in [0.1, 0.15) is 30.1 Å². The highest BCUT2D eigenvalue weighted by molar-refractivity contribution is 5.21. The van der Waals surface area contributed by atoms with Gasteiger partial charge in [0.2, 0.25) is 0 Å². The first-order chi connectivity index (χ1) is 8.33. The predicted molar refractivity (Wildman–Crippen MR) is 62.2 cm³/mol. The maximum absolute atomic E-state index is 13.5. The molecule has 0 saturated heterocycles. The number of hydrogen-bond acceptors (Lipinski definition) is 2. The van der Waals surface area contributed by atoms with Gasteiger partial charge in [-0.3, -0.25) is 0 Å². The quantitative estimate of drug-likeness (QED) is 0.794. The van der Waals surface area contributed by atoms with E-state index in [-0.39, 0.29) is 5.82 Å². The summed E-state index contributed by atoms with van der Waals surface area (Å²) < 4.78 is 15.5. The van der Waals surface area contributed by atoms with Crippen LogP contribution in [0.15, 0.2) is 24.3 Å². The van der Waals surface area contributed by atoms with Gasteiger partial charge in [-0.2, -0.15) is 5.10 Å². The lowest BCUT2D eigenvalue weighted by Crippen LogP contribution is -2.11. The second kappa shape index (κ2) is 4.28. The van der Waals surface area contributed by atoms with E-state index in [1.165, 1.54) is 12.5 Å². The van der Waals surface area contributed by atoms with Crippen molar-refractivity contribution in [2.75, 3.05) is 0 Å². The van der Waals surface area contributed by atoms with Gasteiger partial charge < -0.3 is 0 Å². The summed E-state index contributed by atoms with van der Waals surface area (Å²) in [6.07, 6.45) is 3.81. The van der Waals surface area contributed by atoms with Crippen LogP contribution in [0.4, 0.5) is 4.39 Å². The molecule has 0 unspecified atom stereocenters. The van der Waals surface area contributed by atoms with Crippen molar-refractivity contribution < 1.29 is 4.39 Å². The van der Waals surface area contributed by atoms with E-state index in [4.69, 9.17) is 0 Å². The molecule has 0 atom stereocenters. The fourth-order valence-corrected chi connectivity index (χ4v) is 2.22. The topological polar surface area (TPSA) is 30.7 Å². The first-order valence-corrected chi connectivity index (χ1v) is 5.99. The molecule has 0 aliphatic carbocycles. The minimum atomic E-state index is -0.180. The molecule has 1 aliphatic rings. The Morgan fingerprint density at radius 1 is 1.24 bits per heavy atom. The molecule has 4 heteroatoms. The average Bonchev–Trinajstić information content (AvgIpc) is 2.74. The lowest BCUT2D eigenvalue weighted by molar-refractivity contribution is 0.478. The summed E-state index contributed by atoms with van der Waals surface area (Å²) in [5.74, 6) is 1.59. The highest BCUT2D eigenvalue weighted by atomic mass is 19.1. The Morgan fingerprint density at radius 3 is 2.94 bits per heavy atom. The number of halogens is 1. The van der Waals surface area contributed by atoms with Gasteiger partial charge in [-0.05, 0) is 24.5 Å². The molecule has 2 heterocycles. The van der Waals surface area contributed by atoms with Crippen molar-refractivity contribution in [3.05, 3.63) is 47.3 Å². The first kappa shape index (κ1) is 10.4. The zero-order valence-corrected chi connectivity index (χ0v) is 9.56. The smallest absolute Gasteiger partial charge is 0.155 e. The van der Waals surface area contributed by atoms with E-state index in [0.29, 0.717) is 12.0 Å². The number of nitrogens with zero attached hydrogens (tertiary/aromatic N) is 3. The lowest BCUT2D eigenvalue weighted by atomic mass is 10.1. The van der Waals surface area contributed by atoms with Crippen LogP contribution in [0.2, 0.25) is 0 Å². The zero-order chi connectivity index (χ0) is 11.7. The zero-order valence-electron chi connectivity index (χ0n) is 9.56. The third-order valence-electron chi connectivity index (χ3n) is 3.12. The average molecular weight is 231 g/mol. The van der Waals surface area contributed by atoms with Crippen molar-refractivity contribution >= 4 is 0 Å². The molecular formula is C13H14FN3. The van der Waals surface area contributed by atoms with Crippen molar-refractivity contribution in [1.29, 1.82) is 0 Å². The summed E-state index contributed by atoms with van der Waals surface area (Å²) >= 11 is 0. The van der Waals surface area contributed by atoms with E-state index < -0.39 is 0 Å². The van der Waals surface area contributed by atoms with Gasteiger partial charge in [0.25, 0.3) is 0 Å². The van der Waals surface area contributed by atoms with Crippen molar-refractivity contribution in [3.8, 4) is 0 Å². The van der Waals surface area contributed by atoms with Crippen LogP contribution < -0.4 is 0 Å². The Kier molecular flexibility index (Phi) is 2.63. The molecule has 0 N–H and O–H groups in total. The molecule has 0 bridgehead atoms. The van der Waals surface area contributed by atoms with E-state index in [1.807, 2.05) is 10.7 Å². The number of benzene rings is 1. The number of hydrogen-bond donors (Lipinski definition) is 0. The van der Waals surface area contributed by atoms with E-state index >= 15 is 0 Å². The van der Waals surface area contributed by atoms with Gasteiger partial charge in [-0.1, -0.05) is 18.2 Å². The van der Waals surface area contributed by atoms with Crippen molar-refractivity contribution in [3.63, 3.8) is 0 Å². The number of rotatable bonds is 2. The van der Waals surface area contributed by atoms with E-state index in [9.17, 15) is 4.39 Å². The van der Waals surface area contributed by atoms with E-state index in [2.05, 4.69) is 10.1 Å². The predicted octanol–water partition coefficient (Wildman–Crippen LogP) is 2.34. The van der Waals surface area contributed by atoms with Crippen LogP contribution in [0, 0.1) is 5.82 Å². The summed E-state index contributed by atoms with van der Waals surface area (Å²) in [5.41, 5.74) is 0.662. The first-order valence-electron chi connectivity index (χ1n) is 5.99. The minimum absolute atomic E-state index is 0.180. The standard InChI is InChI=1S/C13H14FN3/c14-11-6-2-1-5-10(11)9-12-15-13-7-3-4-8-17(13)16-12/h1-2,5-6H,3-4,7-9H2. The second-order valence-electron chi connectivity index (χ2n) is 4.39. The molecule has 88 valence electrons. The van der Waals surface area contributed by atoms with Crippen LogP contribution in [0.3, 0.4) is 0 Å². The molecule has 0 saturated carbocycles. The molecule has 0 fully saturated rings. The van der Waals surface area contributed by atoms with Crippen molar-refractivity contribution in [2.45, 2.75) is 32.2 Å². The molecule has 1 aromatic carbocycles. The third kappa shape index (κ3) is 2.07.